The van der Waals surface area contributed by atoms with Crippen molar-refractivity contribution in [1.82, 2.24) is 34.0 Å². The van der Waals surface area contributed by atoms with E-state index in [1.54, 1.807) is 23.7 Å². The number of carbonyl (C=O) groups excluding carboxylic acids is 3. The molecule has 1 aromatic carbocycles. The zero-order chi connectivity index (χ0) is 37.7. The van der Waals surface area contributed by atoms with Crippen LogP contribution in [0, 0.1) is 30.6 Å². The van der Waals surface area contributed by atoms with E-state index in [1.807, 2.05) is 44.3 Å². The monoisotopic (exact) mass is 737 g/mol. The van der Waals surface area contributed by atoms with Gasteiger partial charge in [-0.05, 0) is 68.6 Å². The Labute approximate surface area is 305 Å². The average Bonchev–Trinajstić information content (AvgIpc) is 3.39. The van der Waals surface area contributed by atoms with Gasteiger partial charge < -0.3 is 19.7 Å². The topological polar surface area (TPSA) is 165 Å². The second-order valence-electron chi connectivity index (χ2n) is 15.3. The van der Waals surface area contributed by atoms with Gasteiger partial charge in [0.15, 0.2) is 5.82 Å². The Hall–Kier alpha value is -4.24. The predicted molar refractivity (Wildman–Crippen MR) is 195 cm³/mol. The maximum absolute atomic E-state index is 14.3. The first-order valence-corrected chi connectivity index (χ1v) is 19.5. The first-order chi connectivity index (χ1) is 24.6. The van der Waals surface area contributed by atoms with Crippen molar-refractivity contribution in [2.45, 2.75) is 83.8 Å². The third-order valence-corrected chi connectivity index (χ3v) is 12.6. The summed E-state index contributed by atoms with van der Waals surface area (Å²) < 4.78 is 42.6. The molecule has 2 saturated carbocycles. The number of benzene rings is 1. The van der Waals surface area contributed by atoms with Crippen LogP contribution in [0.15, 0.2) is 30.5 Å². The lowest BCUT2D eigenvalue weighted by molar-refractivity contribution is -0.140. The lowest BCUT2D eigenvalue weighted by Gasteiger charge is -2.26. The molecular formula is C37H51N7O7S. The fourth-order valence-corrected chi connectivity index (χ4v) is 8.46. The van der Waals surface area contributed by atoms with Gasteiger partial charge in [0.1, 0.15) is 23.1 Å². The van der Waals surface area contributed by atoms with Crippen molar-refractivity contribution in [3.8, 4) is 17.3 Å². The van der Waals surface area contributed by atoms with Gasteiger partial charge in [0, 0.05) is 50.9 Å². The van der Waals surface area contributed by atoms with E-state index in [0.717, 1.165) is 40.2 Å². The zero-order valence-electron chi connectivity index (χ0n) is 31.3. The molecule has 15 heteroatoms. The molecule has 0 spiro atoms. The summed E-state index contributed by atoms with van der Waals surface area (Å²) in [6, 6.07) is 7.54. The average molecular weight is 738 g/mol. The largest absolute Gasteiger partial charge is 0.496 e. The van der Waals surface area contributed by atoms with Crippen LogP contribution in [0.3, 0.4) is 0 Å². The van der Waals surface area contributed by atoms with Crippen LogP contribution < -0.4 is 19.5 Å². The SMILES string of the molecule is COc1ccc2c(O[C@@H]3C[C@H]4C(=O)N[C@]5(C(=O)NS(=O)(=O)N(C)C)C[C@H]5C(C)CCCCN(C)C(=O)[C@@H]4C3)cc(-n3ccc(C(C)C)n3)nc2c1C. The van der Waals surface area contributed by atoms with Gasteiger partial charge in [-0.1, -0.05) is 33.6 Å². The molecule has 1 aliphatic heterocycles. The molecule has 3 fully saturated rings. The fourth-order valence-electron chi connectivity index (χ4n) is 7.86. The molecule has 3 amide bonds. The van der Waals surface area contributed by atoms with Gasteiger partial charge in [0.25, 0.3) is 5.91 Å². The molecular weight excluding hydrogens is 687 g/mol. The Balaban J connectivity index is 1.35. The van der Waals surface area contributed by atoms with E-state index < -0.39 is 45.5 Å². The molecule has 0 bridgehead atoms. The molecule has 2 N–H and O–H groups in total. The summed E-state index contributed by atoms with van der Waals surface area (Å²) in [5.41, 5.74) is 1.03. The third kappa shape index (κ3) is 7.08. The number of methoxy groups -OCH3 is 1. The van der Waals surface area contributed by atoms with Gasteiger partial charge >= 0.3 is 10.2 Å². The summed E-state index contributed by atoms with van der Waals surface area (Å²) in [7, 11) is 1.94. The van der Waals surface area contributed by atoms with Gasteiger partial charge in [-0.2, -0.15) is 17.8 Å². The molecule has 6 atom stereocenters. The number of amides is 3. The van der Waals surface area contributed by atoms with Crippen molar-refractivity contribution in [2.75, 3.05) is 34.8 Å². The molecule has 1 unspecified atom stereocenters. The lowest BCUT2D eigenvalue weighted by Crippen LogP contribution is -2.55. The van der Waals surface area contributed by atoms with E-state index in [9.17, 15) is 22.8 Å². The number of rotatable bonds is 8. The highest BCUT2D eigenvalue weighted by Crippen LogP contribution is 2.51. The van der Waals surface area contributed by atoms with Crippen molar-refractivity contribution in [3.05, 3.63) is 41.7 Å². The number of carbonyl (C=O) groups is 3. The van der Waals surface area contributed by atoms with Crippen molar-refractivity contribution in [2.24, 2.45) is 23.7 Å². The highest BCUT2D eigenvalue weighted by molar-refractivity contribution is 7.87. The number of aromatic nitrogens is 3. The number of pyridine rings is 1. The summed E-state index contributed by atoms with van der Waals surface area (Å²) in [5.74, 6) is -1.08. The number of ether oxygens (including phenoxy) is 2. The molecule has 14 nitrogen and oxygen atoms in total. The second-order valence-corrected chi connectivity index (χ2v) is 17.1. The standard InChI is InChI=1S/C37H51N7O7S/c1-21(2)29-14-16-44(40-29)32-19-31(25-12-13-30(50-8)23(4)33(25)38-32)51-24-17-26-27(18-24)35(46)43(7)15-10-9-11-22(3)28-20-37(28,39-34(26)45)36(47)41-52(48,49)42(5)6/h12-14,16,19,21-22,24,26-28H,9-11,15,17-18,20H2,1-8H3,(H,39,45)(H,41,47)/t22?,24-,26-,27-,28+,37-/m1/s1. The van der Waals surface area contributed by atoms with Crippen molar-refractivity contribution in [3.63, 3.8) is 0 Å². The van der Waals surface area contributed by atoms with Gasteiger partial charge in [0.05, 0.1) is 30.2 Å². The number of hydrogen-bond acceptors (Lipinski definition) is 9. The Morgan fingerprint density at radius 3 is 2.52 bits per heavy atom. The van der Waals surface area contributed by atoms with E-state index in [0.29, 0.717) is 35.8 Å². The number of nitrogens with one attached hydrogen (secondary N) is 2. The van der Waals surface area contributed by atoms with Gasteiger partial charge in [-0.25, -0.2) is 14.4 Å². The van der Waals surface area contributed by atoms with Crippen LogP contribution in [-0.4, -0.2) is 96.5 Å². The highest BCUT2D eigenvalue weighted by Gasteiger charge is 2.64. The van der Waals surface area contributed by atoms with Gasteiger partial charge in [-0.3, -0.25) is 14.4 Å². The van der Waals surface area contributed by atoms with E-state index in [-0.39, 0.29) is 36.5 Å². The summed E-state index contributed by atoms with van der Waals surface area (Å²) in [4.78, 5) is 48.7. The first kappa shape index (κ1) is 37.5. The van der Waals surface area contributed by atoms with E-state index in [1.165, 1.54) is 14.1 Å². The van der Waals surface area contributed by atoms with Crippen molar-refractivity contribution >= 4 is 38.8 Å². The quantitative estimate of drug-likeness (QED) is 0.351. The molecule has 6 rings (SSSR count). The number of nitrogens with zero attached hydrogens (tertiary/aromatic N) is 5. The smallest absolute Gasteiger partial charge is 0.303 e. The zero-order valence-corrected chi connectivity index (χ0v) is 32.1. The minimum atomic E-state index is -4.10. The van der Waals surface area contributed by atoms with Crippen LogP contribution in [0.4, 0.5) is 0 Å². The maximum atomic E-state index is 14.3. The molecule has 3 aliphatic rings. The molecule has 282 valence electrons. The Morgan fingerprint density at radius 1 is 1.12 bits per heavy atom. The molecule has 0 radical (unpaired) electrons. The van der Waals surface area contributed by atoms with E-state index >= 15 is 0 Å². The first-order valence-electron chi connectivity index (χ1n) is 18.1. The maximum Gasteiger partial charge on any atom is 0.303 e. The predicted octanol–water partition coefficient (Wildman–Crippen LogP) is 3.71. The van der Waals surface area contributed by atoms with Crippen LogP contribution in [0.1, 0.15) is 76.5 Å². The van der Waals surface area contributed by atoms with Crippen LogP contribution in [0.25, 0.3) is 16.7 Å². The number of fused-ring (bicyclic) bond motifs is 3. The second kappa shape index (κ2) is 14.3. The molecule has 3 aromatic rings. The molecule has 2 aromatic heterocycles. The highest BCUT2D eigenvalue weighted by atomic mass is 32.2. The number of aryl methyl sites for hydroxylation is 1. The summed E-state index contributed by atoms with van der Waals surface area (Å²) in [6.45, 7) is 8.65. The van der Waals surface area contributed by atoms with E-state index in [2.05, 4.69) is 23.9 Å². The number of hydrogen-bond donors (Lipinski definition) is 2. The molecule has 52 heavy (non-hydrogen) atoms. The summed E-state index contributed by atoms with van der Waals surface area (Å²) in [6.07, 6.45) is 4.54. The lowest BCUT2D eigenvalue weighted by atomic mass is 9.92. The van der Waals surface area contributed by atoms with Gasteiger partial charge in [0.2, 0.25) is 11.8 Å². The molecule has 1 saturated heterocycles. The van der Waals surface area contributed by atoms with E-state index in [4.69, 9.17) is 19.6 Å². The molecule has 3 heterocycles. The Bertz CT molecular complexity index is 1980. The minimum Gasteiger partial charge on any atom is -0.496 e. The van der Waals surface area contributed by atoms with Crippen molar-refractivity contribution < 1.29 is 32.3 Å². The van der Waals surface area contributed by atoms with Crippen LogP contribution in [0.5, 0.6) is 11.5 Å². The molecule has 2 aliphatic carbocycles. The van der Waals surface area contributed by atoms with Crippen molar-refractivity contribution in [1.29, 1.82) is 0 Å². The fraction of sp³-hybridized carbons (Fsp3) is 0.595. The third-order valence-electron chi connectivity index (χ3n) is 11.2. The van der Waals surface area contributed by atoms with Gasteiger partial charge in [-0.15, -0.1) is 0 Å². The Kier molecular flexibility index (Phi) is 10.3. The summed E-state index contributed by atoms with van der Waals surface area (Å²) >= 11 is 0. The van der Waals surface area contributed by atoms with Crippen LogP contribution in [0.2, 0.25) is 0 Å². The Morgan fingerprint density at radius 2 is 1.85 bits per heavy atom. The minimum absolute atomic E-state index is 0.0491. The van der Waals surface area contributed by atoms with Crippen LogP contribution in [-0.2, 0) is 24.6 Å². The van der Waals surface area contributed by atoms with Crippen LogP contribution >= 0.6 is 0 Å². The summed E-state index contributed by atoms with van der Waals surface area (Å²) in [5, 5.41) is 8.48. The normalized spacial score (nSPS) is 27.0.